The van der Waals surface area contributed by atoms with Crippen molar-refractivity contribution < 1.29 is 4.74 Å². The van der Waals surface area contributed by atoms with Crippen LogP contribution in [0.25, 0.3) is 0 Å². The summed E-state index contributed by atoms with van der Waals surface area (Å²) in [6.07, 6.45) is 0.0491. The minimum Gasteiger partial charge on any atom is -0.387 e. The van der Waals surface area contributed by atoms with Crippen molar-refractivity contribution >= 4 is 5.84 Å². The molecule has 0 aromatic heterocycles. The van der Waals surface area contributed by atoms with E-state index in [0.29, 0.717) is 6.61 Å². The summed E-state index contributed by atoms with van der Waals surface area (Å²) in [5, 5.41) is 7.25. The predicted octanol–water partition coefficient (Wildman–Crippen LogP) is 2.34. The fraction of sp³-hybridized carbons (Fsp3) is 0.417. The SMILES string of the molecule is CC(COC(C)c1ccccc1)C(=N)N. The lowest BCUT2D eigenvalue weighted by Crippen LogP contribution is -2.24. The number of benzene rings is 1. The molecule has 3 N–H and O–H groups in total. The predicted molar refractivity (Wildman–Crippen MR) is 61.9 cm³/mol. The molecule has 0 radical (unpaired) electrons. The summed E-state index contributed by atoms with van der Waals surface area (Å²) in [7, 11) is 0. The molecule has 0 aliphatic rings. The highest BCUT2D eigenvalue weighted by molar-refractivity contribution is 5.79. The summed E-state index contributed by atoms with van der Waals surface area (Å²) in [5.74, 6) is 0.159. The second-order valence-electron chi connectivity index (χ2n) is 3.74. The Labute approximate surface area is 90.8 Å². The van der Waals surface area contributed by atoms with Gasteiger partial charge in [-0.25, -0.2) is 0 Å². The molecule has 3 nitrogen and oxygen atoms in total. The van der Waals surface area contributed by atoms with Gasteiger partial charge in [0.1, 0.15) is 0 Å². The third-order valence-corrected chi connectivity index (χ3v) is 2.40. The van der Waals surface area contributed by atoms with Gasteiger partial charge in [-0.3, -0.25) is 5.41 Å². The van der Waals surface area contributed by atoms with Crippen molar-refractivity contribution in [3.63, 3.8) is 0 Å². The Morgan fingerprint density at radius 3 is 2.47 bits per heavy atom. The smallest absolute Gasteiger partial charge is 0.0957 e. The molecule has 1 rings (SSSR count). The zero-order valence-corrected chi connectivity index (χ0v) is 9.23. The molecule has 82 valence electrons. The van der Waals surface area contributed by atoms with Crippen molar-refractivity contribution in [3.05, 3.63) is 35.9 Å². The average molecular weight is 206 g/mol. The molecule has 0 spiro atoms. The van der Waals surface area contributed by atoms with Crippen molar-refractivity contribution in [1.29, 1.82) is 5.41 Å². The molecule has 0 bridgehead atoms. The average Bonchev–Trinajstić information content (AvgIpc) is 2.26. The monoisotopic (exact) mass is 206 g/mol. The van der Waals surface area contributed by atoms with E-state index in [1.807, 2.05) is 44.2 Å². The van der Waals surface area contributed by atoms with E-state index in [0.717, 1.165) is 5.56 Å². The lowest BCUT2D eigenvalue weighted by atomic mass is 10.1. The maximum absolute atomic E-state index is 7.25. The van der Waals surface area contributed by atoms with Gasteiger partial charge in [-0.2, -0.15) is 0 Å². The highest BCUT2D eigenvalue weighted by Crippen LogP contribution is 2.16. The van der Waals surface area contributed by atoms with Gasteiger partial charge in [-0.05, 0) is 12.5 Å². The van der Waals surface area contributed by atoms with Crippen LogP contribution in [-0.4, -0.2) is 12.4 Å². The van der Waals surface area contributed by atoms with Crippen LogP contribution in [0.1, 0.15) is 25.5 Å². The molecule has 1 aromatic carbocycles. The van der Waals surface area contributed by atoms with Crippen LogP contribution in [0.5, 0.6) is 0 Å². The third-order valence-electron chi connectivity index (χ3n) is 2.40. The van der Waals surface area contributed by atoms with Crippen LogP contribution >= 0.6 is 0 Å². The number of ether oxygens (including phenoxy) is 1. The van der Waals surface area contributed by atoms with Gasteiger partial charge in [0.15, 0.2) is 0 Å². The molecule has 2 unspecified atom stereocenters. The van der Waals surface area contributed by atoms with Crippen LogP contribution in [0.4, 0.5) is 0 Å². The van der Waals surface area contributed by atoms with Crippen molar-refractivity contribution in [3.8, 4) is 0 Å². The van der Waals surface area contributed by atoms with Crippen LogP contribution in [0.2, 0.25) is 0 Å². The highest BCUT2D eigenvalue weighted by Gasteiger charge is 2.09. The van der Waals surface area contributed by atoms with Crippen LogP contribution in [0, 0.1) is 11.3 Å². The lowest BCUT2D eigenvalue weighted by Gasteiger charge is -2.16. The Morgan fingerprint density at radius 1 is 1.33 bits per heavy atom. The van der Waals surface area contributed by atoms with Gasteiger partial charge in [0.25, 0.3) is 0 Å². The van der Waals surface area contributed by atoms with E-state index in [1.165, 1.54) is 0 Å². The molecule has 0 aliphatic heterocycles. The quantitative estimate of drug-likeness (QED) is 0.574. The van der Waals surface area contributed by atoms with Crippen molar-refractivity contribution in [2.45, 2.75) is 20.0 Å². The molecule has 0 saturated carbocycles. The molecule has 0 aliphatic carbocycles. The molecule has 0 saturated heterocycles. The van der Waals surface area contributed by atoms with E-state index in [4.69, 9.17) is 15.9 Å². The van der Waals surface area contributed by atoms with Crippen LogP contribution < -0.4 is 5.73 Å². The molecule has 2 atom stereocenters. The first kappa shape index (κ1) is 11.7. The van der Waals surface area contributed by atoms with Crippen LogP contribution in [0.15, 0.2) is 30.3 Å². The number of nitrogens with two attached hydrogens (primary N) is 1. The lowest BCUT2D eigenvalue weighted by molar-refractivity contribution is 0.0552. The van der Waals surface area contributed by atoms with Crippen molar-refractivity contribution in [2.75, 3.05) is 6.61 Å². The minimum absolute atomic E-state index is 0.0174. The Morgan fingerprint density at radius 2 is 1.93 bits per heavy atom. The fourth-order valence-corrected chi connectivity index (χ4v) is 1.20. The molecule has 1 aromatic rings. The Hall–Kier alpha value is -1.35. The van der Waals surface area contributed by atoms with E-state index in [1.54, 1.807) is 0 Å². The number of rotatable bonds is 5. The summed E-state index contributed by atoms with van der Waals surface area (Å²) in [6.45, 7) is 4.38. The van der Waals surface area contributed by atoms with E-state index in [2.05, 4.69) is 0 Å². The van der Waals surface area contributed by atoms with Crippen LogP contribution in [-0.2, 0) is 4.74 Å². The normalized spacial score (nSPS) is 14.5. The maximum Gasteiger partial charge on any atom is 0.0957 e. The Bertz CT molecular complexity index is 311. The van der Waals surface area contributed by atoms with Gasteiger partial charge in [0.05, 0.1) is 18.5 Å². The second-order valence-corrected chi connectivity index (χ2v) is 3.74. The second kappa shape index (κ2) is 5.51. The standard InChI is InChI=1S/C12H18N2O/c1-9(12(13)14)8-15-10(2)11-6-4-3-5-7-11/h3-7,9-10H,8H2,1-2H3,(H3,13,14). The summed E-state index contributed by atoms with van der Waals surface area (Å²) in [5.41, 5.74) is 6.51. The summed E-state index contributed by atoms with van der Waals surface area (Å²) < 4.78 is 5.63. The summed E-state index contributed by atoms with van der Waals surface area (Å²) in [6, 6.07) is 10.0. The Balaban J connectivity index is 2.43. The number of hydrogen-bond acceptors (Lipinski definition) is 2. The maximum atomic E-state index is 7.25. The van der Waals surface area contributed by atoms with Crippen LogP contribution in [0.3, 0.4) is 0 Å². The molecule has 0 fully saturated rings. The summed E-state index contributed by atoms with van der Waals surface area (Å²) in [4.78, 5) is 0. The molecule has 3 heteroatoms. The van der Waals surface area contributed by atoms with E-state index < -0.39 is 0 Å². The van der Waals surface area contributed by atoms with Gasteiger partial charge in [0.2, 0.25) is 0 Å². The van der Waals surface area contributed by atoms with Gasteiger partial charge in [0, 0.05) is 5.92 Å². The molecule has 0 heterocycles. The molecular weight excluding hydrogens is 188 g/mol. The van der Waals surface area contributed by atoms with E-state index in [9.17, 15) is 0 Å². The first-order valence-corrected chi connectivity index (χ1v) is 5.11. The van der Waals surface area contributed by atoms with Gasteiger partial charge < -0.3 is 10.5 Å². The van der Waals surface area contributed by atoms with Crippen molar-refractivity contribution in [1.82, 2.24) is 0 Å². The largest absolute Gasteiger partial charge is 0.387 e. The number of amidine groups is 1. The molecular formula is C12H18N2O. The highest BCUT2D eigenvalue weighted by atomic mass is 16.5. The van der Waals surface area contributed by atoms with Gasteiger partial charge >= 0.3 is 0 Å². The van der Waals surface area contributed by atoms with Crippen molar-refractivity contribution in [2.24, 2.45) is 11.7 Å². The molecule has 0 amide bonds. The third kappa shape index (κ3) is 3.72. The summed E-state index contributed by atoms with van der Waals surface area (Å²) >= 11 is 0. The minimum atomic E-state index is -0.0174. The zero-order chi connectivity index (χ0) is 11.3. The van der Waals surface area contributed by atoms with Gasteiger partial charge in [-0.1, -0.05) is 37.3 Å². The Kier molecular flexibility index (Phi) is 4.31. The fourth-order valence-electron chi connectivity index (χ4n) is 1.20. The number of hydrogen-bond donors (Lipinski definition) is 2. The molecule has 15 heavy (non-hydrogen) atoms. The van der Waals surface area contributed by atoms with E-state index in [-0.39, 0.29) is 17.9 Å². The van der Waals surface area contributed by atoms with E-state index >= 15 is 0 Å². The van der Waals surface area contributed by atoms with Gasteiger partial charge in [-0.15, -0.1) is 0 Å². The topological polar surface area (TPSA) is 59.1 Å². The first-order chi connectivity index (χ1) is 7.11. The first-order valence-electron chi connectivity index (χ1n) is 5.11. The zero-order valence-electron chi connectivity index (χ0n) is 9.23. The number of nitrogens with one attached hydrogen (secondary N) is 1.